The quantitative estimate of drug-likeness (QED) is 0.565. The fourth-order valence-electron chi connectivity index (χ4n) is 1.70. The molecule has 0 aliphatic rings. The zero-order valence-electron chi connectivity index (χ0n) is 11.4. The molecule has 1 aromatic rings. The molecule has 0 aliphatic carbocycles. The lowest BCUT2D eigenvalue weighted by Gasteiger charge is -2.08. The molecule has 20 heavy (non-hydrogen) atoms. The van der Waals surface area contributed by atoms with Gasteiger partial charge in [-0.1, -0.05) is 6.42 Å². The number of nitrogens with zero attached hydrogens (tertiary/aromatic N) is 1. The smallest absolute Gasteiger partial charge is 0.241 e. The zero-order chi connectivity index (χ0) is 15.0. The number of thioether (sulfide) groups is 1. The number of benzene rings is 1. The van der Waals surface area contributed by atoms with Gasteiger partial charge in [0, 0.05) is 12.2 Å². The standard InChI is InChI=1S/C13H19N3O2S2/c1-19-8-4-2-3-7-16-20(17,18)13-6-5-12(15)9-11(13)10-14/h5-6,9,16H,2-4,7-8,15H2,1H3. The van der Waals surface area contributed by atoms with E-state index in [0.29, 0.717) is 12.2 Å². The lowest BCUT2D eigenvalue weighted by Crippen LogP contribution is -2.25. The minimum absolute atomic E-state index is 0.0155. The van der Waals surface area contributed by atoms with Gasteiger partial charge in [0.15, 0.2) is 0 Å². The van der Waals surface area contributed by atoms with E-state index >= 15 is 0 Å². The number of nitrogen functional groups attached to an aromatic ring is 1. The Hall–Kier alpha value is -1.23. The van der Waals surface area contributed by atoms with Crippen molar-refractivity contribution in [3.8, 4) is 6.07 Å². The second-order valence-electron chi connectivity index (χ2n) is 4.32. The molecule has 3 N–H and O–H groups in total. The first-order valence-electron chi connectivity index (χ1n) is 6.29. The molecule has 5 nitrogen and oxygen atoms in total. The third kappa shape index (κ3) is 5.04. The van der Waals surface area contributed by atoms with E-state index in [9.17, 15) is 8.42 Å². The van der Waals surface area contributed by atoms with Crippen LogP contribution in [0.5, 0.6) is 0 Å². The molecule has 1 rings (SSSR count). The van der Waals surface area contributed by atoms with Gasteiger partial charge in [-0.3, -0.25) is 0 Å². The average molecular weight is 313 g/mol. The van der Waals surface area contributed by atoms with Crippen molar-refractivity contribution in [2.45, 2.75) is 24.2 Å². The monoisotopic (exact) mass is 313 g/mol. The first-order chi connectivity index (χ1) is 9.51. The Bertz CT molecular complexity index is 580. The first-order valence-corrected chi connectivity index (χ1v) is 9.17. The third-order valence-electron chi connectivity index (χ3n) is 2.73. The molecule has 0 spiro atoms. The molecule has 0 radical (unpaired) electrons. The maximum absolute atomic E-state index is 12.1. The second-order valence-corrected chi connectivity index (χ2v) is 7.04. The zero-order valence-corrected chi connectivity index (χ0v) is 13.1. The number of anilines is 1. The molecule has 0 saturated heterocycles. The van der Waals surface area contributed by atoms with Crippen LogP contribution in [0.3, 0.4) is 0 Å². The number of rotatable bonds is 8. The summed E-state index contributed by atoms with van der Waals surface area (Å²) in [5, 5.41) is 8.97. The fourth-order valence-corrected chi connectivity index (χ4v) is 3.40. The van der Waals surface area contributed by atoms with Crippen LogP contribution in [0.1, 0.15) is 24.8 Å². The summed E-state index contributed by atoms with van der Waals surface area (Å²) in [6, 6.07) is 6.07. The van der Waals surface area contributed by atoms with Crippen molar-refractivity contribution < 1.29 is 8.42 Å². The summed E-state index contributed by atoms with van der Waals surface area (Å²) in [6.07, 6.45) is 4.90. The summed E-state index contributed by atoms with van der Waals surface area (Å²) in [6.45, 7) is 0.381. The lowest BCUT2D eigenvalue weighted by molar-refractivity contribution is 0.576. The molecule has 0 bridgehead atoms. The SMILES string of the molecule is CSCCCCCNS(=O)(=O)c1ccc(N)cc1C#N. The topological polar surface area (TPSA) is 96.0 Å². The number of hydrogen-bond donors (Lipinski definition) is 2. The Morgan fingerprint density at radius 1 is 1.35 bits per heavy atom. The van der Waals surface area contributed by atoms with Crippen molar-refractivity contribution in [2.24, 2.45) is 0 Å². The van der Waals surface area contributed by atoms with Gasteiger partial charge < -0.3 is 5.73 Å². The number of sulfonamides is 1. The highest BCUT2D eigenvalue weighted by Crippen LogP contribution is 2.17. The summed E-state index contributed by atoms with van der Waals surface area (Å²) in [4.78, 5) is -0.0155. The van der Waals surface area contributed by atoms with Gasteiger partial charge in [-0.15, -0.1) is 0 Å². The van der Waals surface area contributed by atoms with Crippen LogP contribution in [0, 0.1) is 11.3 Å². The van der Waals surface area contributed by atoms with Crippen LogP contribution in [-0.2, 0) is 10.0 Å². The third-order valence-corrected chi connectivity index (χ3v) is 4.95. The van der Waals surface area contributed by atoms with E-state index in [0.717, 1.165) is 25.0 Å². The lowest BCUT2D eigenvalue weighted by atomic mass is 10.2. The highest BCUT2D eigenvalue weighted by Gasteiger charge is 2.17. The molecule has 0 saturated carbocycles. The van der Waals surface area contributed by atoms with E-state index in [-0.39, 0.29) is 10.5 Å². The van der Waals surface area contributed by atoms with Crippen molar-refractivity contribution in [1.29, 1.82) is 5.26 Å². The maximum Gasteiger partial charge on any atom is 0.241 e. The molecule has 0 aromatic heterocycles. The van der Waals surface area contributed by atoms with Gasteiger partial charge in [-0.05, 0) is 43.0 Å². The number of nitrogens with one attached hydrogen (secondary N) is 1. The van der Waals surface area contributed by atoms with E-state index < -0.39 is 10.0 Å². The van der Waals surface area contributed by atoms with Crippen LogP contribution in [0.15, 0.2) is 23.1 Å². The second kappa shape index (κ2) is 8.15. The molecule has 110 valence electrons. The van der Waals surface area contributed by atoms with E-state index in [4.69, 9.17) is 11.0 Å². The van der Waals surface area contributed by atoms with E-state index in [1.807, 2.05) is 12.3 Å². The molecule has 0 aliphatic heterocycles. The molecule has 7 heteroatoms. The van der Waals surface area contributed by atoms with Crippen molar-refractivity contribution >= 4 is 27.5 Å². The Morgan fingerprint density at radius 3 is 2.75 bits per heavy atom. The minimum Gasteiger partial charge on any atom is -0.399 e. The summed E-state index contributed by atoms with van der Waals surface area (Å²) in [5.74, 6) is 1.09. The molecule has 0 unspecified atom stereocenters. The predicted octanol–water partition coefficient (Wildman–Crippen LogP) is 1.95. The first kappa shape index (κ1) is 16.8. The van der Waals surface area contributed by atoms with Gasteiger partial charge in [-0.25, -0.2) is 13.1 Å². The van der Waals surface area contributed by atoms with Crippen LogP contribution in [0.4, 0.5) is 5.69 Å². The van der Waals surface area contributed by atoms with Gasteiger partial charge >= 0.3 is 0 Å². The fraction of sp³-hybridized carbons (Fsp3) is 0.462. The normalized spacial score (nSPS) is 11.2. The van der Waals surface area contributed by atoms with Crippen LogP contribution in [0.25, 0.3) is 0 Å². The Balaban J connectivity index is 2.63. The Kier molecular flexibility index (Phi) is 6.85. The van der Waals surface area contributed by atoms with Crippen LogP contribution < -0.4 is 10.5 Å². The maximum atomic E-state index is 12.1. The Morgan fingerprint density at radius 2 is 2.10 bits per heavy atom. The molecular weight excluding hydrogens is 294 g/mol. The van der Waals surface area contributed by atoms with E-state index in [2.05, 4.69) is 4.72 Å². The molecule has 0 amide bonds. The number of nitrogens with two attached hydrogens (primary N) is 1. The van der Waals surface area contributed by atoms with E-state index in [1.165, 1.54) is 18.2 Å². The van der Waals surface area contributed by atoms with Crippen molar-refractivity contribution in [3.63, 3.8) is 0 Å². The summed E-state index contributed by atoms with van der Waals surface area (Å²) in [5.41, 5.74) is 5.99. The predicted molar refractivity (Wildman–Crippen MR) is 83.0 cm³/mol. The average Bonchev–Trinajstić information content (AvgIpc) is 2.42. The van der Waals surface area contributed by atoms with E-state index in [1.54, 1.807) is 11.8 Å². The molecule has 0 heterocycles. The molecule has 0 atom stereocenters. The summed E-state index contributed by atoms with van der Waals surface area (Å²) >= 11 is 1.78. The van der Waals surface area contributed by atoms with Crippen LogP contribution >= 0.6 is 11.8 Å². The molecule has 1 aromatic carbocycles. The van der Waals surface area contributed by atoms with Crippen LogP contribution in [-0.4, -0.2) is 27.0 Å². The number of hydrogen-bond acceptors (Lipinski definition) is 5. The van der Waals surface area contributed by atoms with Gasteiger partial charge in [0.1, 0.15) is 6.07 Å². The summed E-state index contributed by atoms with van der Waals surface area (Å²) in [7, 11) is -3.65. The largest absolute Gasteiger partial charge is 0.399 e. The van der Waals surface area contributed by atoms with Crippen LogP contribution in [0.2, 0.25) is 0 Å². The van der Waals surface area contributed by atoms with Gasteiger partial charge in [0.05, 0.1) is 10.5 Å². The number of unbranched alkanes of at least 4 members (excludes halogenated alkanes) is 2. The highest BCUT2D eigenvalue weighted by atomic mass is 32.2. The van der Waals surface area contributed by atoms with Gasteiger partial charge in [0.25, 0.3) is 0 Å². The Labute approximate surface area is 124 Å². The summed E-state index contributed by atoms with van der Waals surface area (Å²) < 4.78 is 26.7. The molecule has 0 fully saturated rings. The minimum atomic E-state index is -3.65. The van der Waals surface area contributed by atoms with Crippen molar-refractivity contribution in [2.75, 3.05) is 24.3 Å². The highest BCUT2D eigenvalue weighted by molar-refractivity contribution is 7.98. The number of nitriles is 1. The van der Waals surface area contributed by atoms with Gasteiger partial charge in [-0.2, -0.15) is 17.0 Å². The van der Waals surface area contributed by atoms with Crippen molar-refractivity contribution in [1.82, 2.24) is 4.72 Å². The van der Waals surface area contributed by atoms with Gasteiger partial charge in [0.2, 0.25) is 10.0 Å². The molecular formula is C13H19N3O2S2. The van der Waals surface area contributed by atoms with Crippen molar-refractivity contribution in [3.05, 3.63) is 23.8 Å².